The highest BCUT2D eigenvalue weighted by Crippen LogP contribution is 2.59. The zero-order chi connectivity index (χ0) is 16.9. The predicted octanol–water partition coefficient (Wildman–Crippen LogP) is 2.40. The molecular weight excluding hydrogens is 314 g/mol. The molecule has 1 spiro atoms. The first kappa shape index (κ1) is 16.3. The van der Waals surface area contributed by atoms with Gasteiger partial charge in [-0.1, -0.05) is 13.8 Å². The van der Waals surface area contributed by atoms with Crippen LogP contribution in [-0.2, 0) is 28.8 Å². The number of aliphatic imine (C=N–C) groups is 1. The van der Waals surface area contributed by atoms with Gasteiger partial charge in [-0.25, -0.2) is 14.8 Å². The number of fused-ring (bicyclic) bond motifs is 2. The van der Waals surface area contributed by atoms with Crippen molar-refractivity contribution < 1.29 is 28.8 Å². The molecule has 0 aromatic rings. The first-order valence-electron chi connectivity index (χ1n) is 8.81. The monoisotopic (exact) mass is 339 g/mol. The second-order valence-corrected chi connectivity index (χ2v) is 7.70. The van der Waals surface area contributed by atoms with Crippen molar-refractivity contribution in [1.29, 1.82) is 0 Å². The van der Waals surface area contributed by atoms with E-state index in [-0.39, 0.29) is 18.6 Å². The Balaban J connectivity index is 1.72. The summed E-state index contributed by atoms with van der Waals surface area (Å²) in [5.74, 6) is 0.911. The maximum atomic E-state index is 10.4. The van der Waals surface area contributed by atoms with Crippen molar-refractivity contribution >= 4 is 12.4 Å². The second kappa shape index (κ2) is 5.68. The van der Waals surface area contributed by atoms with E-state index in [2.05, 4.69) is 18.8 Å². The summed E-state index contributed by atoms with van der Waals surface area (Å²) >= 11 is 0. The average Bonchev–Trinajstić information content (AvgIpc) is 2.78. The fraction of sp³-hybridized carbons (Fsp3) is 0.882. The number of carbonyl (C=O) groups excluding carboxylic acids is 1. The van der Waals surface area contributed by atoms with Crippen LogP contribution in [0.15, 0.2) is 4.99 Å². The fourth-order valence-electron chi connectivity index (χ4n) is 5.09. The van der Waals surface area contributed by atoms with E-state index < -0.39 is 17.7 Å². The molecule has 5 rings (SSSR count). The van der Waals surface area contributed by atoms with Gasteiger partial charge in [0.15, 0.2) is 18.2 Å². The van der Waals surface area contributed by atoms with Gasteiger partial charge in [0.25, 0.3) is 6.47 Å². The molecule has 134 valence electrons. The van der Waals surface area contributed by atoms with Crippen LogP contribution in [0.5, 0.6) is 0 Å². The van der Waals surface area contributed by atoms with E-state index in [0.29, 0.717) is 24.2 Å². The number of ether oxygens (including phenoxy) is 3. The van der Waals surface area contributed by atoms with Gasteiger partial charge in [0.1, 0.15) is 0 Å². The van der Waals surface area contributed by atoms with Crippen LogP contribution in [0.1, 0.15) is 46.5 Å². The number of rotatable bonds is 3. The molecule has 0 aromatic heterocycles. The lowest BCUT2D eigenvalue weighted by Crippen LogP contribution is -2.69. The van der Waals surface area contributed by atoms with Gasteiger partial charge in [-0.15, -0.1) is 0 Å². The smallest absolute Gasteiger partial charge is 0.294 e. The second-order valence-electron chi connectivity index (χ2n) is 7.70. The third-order valence-corrected chi connectivity index (χ3v) is 6.36. The van der Waals surface area contributed by atoms with Crippen molar-refractivity contribution in [3.05, 3.63) is 0 Å². The van der Waals surface area contributed by atoms with Crippen molar-refractivity contribution in [2.24, 2.45) is 28.7 Å². The van der Waals surface area contributed by atoms with Crippen LogP contribution in [0, 0.1) is 23.7 Å². The first-order chi connectivity index (χ1) is 11.5. The van der Waals surface area contributed by atoms with E-state index in [0.717, 1.165) is 25.7 Å². The van der Waals surface area contributed by atoms with Gasteiger partial charge in [-0.2, -0.15) is 0 Å². The molecule has 5 fully saturated rings. The zero-order valence-corrected chi connectivity index (χ0v) is 14.4. The number of carbonyl (C=O) groups is 1. The summed E-state index contributed by atoms with van der Waals surface area (Å²) in [6.07, 6.45) is 3.40. The van der Waals surface area contributed by atoms with Gasteiger partial charge in [0, 0.05) is 24.2 Å². The van der Waals surface area contributed by atoms with Crippen LogP contribution >= 0.6 is 0 Å². The Morgan fingerprint density at radius 3 is 2.88 bits per heavy atom. The summed E-state index contributed by atoms with van der Waals surface area (Å²) in [7, 11) is 0. The van der Waals surface area contributed by atoms with E-state index in [1.54, 1.807) is 0 Å². The lowest BCUT2D eigenvalue weighted by atomic mass is 9.58. The molecule has 7 heteroatoms. The van der Waals surface area contributed by atoms with Crippen LogP contribution in [0.3, 0.4) is 0 Å². The molecule has 24 heavy (non-hydrogen) atoms. The molecule has 0 aromatic carbocycles. The van der Waals surface area contributed by atoms with Crippen LogP contribution in [0.4, 0.5) is 0 Å². The maximum absolute atomic E-state index is 10.4. The molecule has 4 unspecified atom stereocenters. The summed E-state index contributed by atoms with van der Waals surface area (Å²) in [6.45, 7) is 6.61. The van der Waals surface area contributed by atoms with Gasteiger partial charge < -0.3 is 14.2 Å². The van der Waals surface area contributed by atoms with Crippen molar-refractivity contribution in [2.45, 2.75) is 64.1 Å². The largest absolute Gasteiger partial charge is 0.448 e. The SMILES string of the molecule is C[C@@H]1CCC2[C@@H](C)/C(=N/COC=O)O[C@@H]3OC4(C)CCC1C23OO4. The van der Waals surface area contributed by atoms with Gasteiger partial charge >= 0.3 is 0 Å². The maximum Gasteiger partial charge on any atom is 0.294 e. The highest BCUT2D eigenvalue weighted by atomic mass is 17.3. The summed E-state index contributed by atoms with van der Waals surface area (Å²) in [4.78, 5) is 26.5. The van der Waals surface area contributed by atoms with Crippen molar-refractivity contribution in [1.82, 2.24) is 0 Å². The number of hydrogen-bond donors (Lipinski definition) is 0. The Bertz CT molecular complexity index is 553. The normalized spacial score (nSPS) is 51.5. The lowest BCUT2D eigenvalue weighted by Gasteiger charge is -2.58. The average molecular weight is 339 g/mol. The van der Waals surface area contributed by atoms with E-state index in [9.17, 15) is 4.79 Å². The van der Waals surface area contributed by atoms with Crippen molar-refractivity contribution in [3.63, 3.8) is 0 Å². The van der Waals surface area contributed by atoms with E-state index in [1.165, 1.54) is 0 Å². The standard InChI is InChI=1S/C17H25NO6/c1-10-4-5-13-11(2)14(18-8-20-9-19)21-15-17(13)12(10)6-7-16(3,22-15)23-24-17/h9-13,15H,4-8H2,1-3H3/b18-14-/t10-,11-,12?,13?,15-,16?,17?/m1/s1. The molecule has 0 amide bonds. The zero-order valence-electron chi connectivity index (χ0n) is 14.4. The molecule has 7 atom stereocenters. The summed E-state index contributed by atoms with van der Waals surface area (Å²) in [5.41, 5.74) is -0.586. The van der Waals surface area contributed by atoms with Gasteiger partial charge in [-0.3, -0.25) is 4.79 Å². The topological polar surface area (TPSA) is 75.6 Å². The molecule has 4 heterocycles. The minimum Gasteiger partial charge on any atom is -0.448 e. The van der Waals surface area contributed by atoms with Crippen LogP contribution in [0.25, 0.3) is 0 Å². The molecule has 1 saturated carbocycles. The van der Waals surface area contributed by atoms with Gasteiger partial charge in [0.05, 0.1) is 0 Å². The minimum atomic E-state index is -0.789. The molecule has 7 nitrogen and oxygen atoms in total. The molecule has 4 aliphatic heterocycles. The van der Waals surface area contributed by atoms with Crippen LogP contribution in [-0.4, -0.2) is 36.8 Å². The third-order valence-electron chi connectivity index (χ3n) is 6.36. The highest BCUT2D eigenvalue weighted by molar-refractivity contribution is 5.80. The Morgan fingerprint density at radius 1 is 1.25 bits per heavy atom. The summed E-state index contributed by atoms with van der Waals surface area (Å²) in [5, 5.41) is 0. The van der Waals surface area contributed by atoms with Crippen LogP contribution < -0.4 is 0 Å². The summed E-state index contributed by atoms with van der Waals surface area (Å²) < 4.78 is 17.0. The Labute approximate surface area is 141 Å². The number of hydrogen-bond acceptors (Lipinski definition) is 7. The molecule has 5 aliphatic rings. The third kappa shape index (κ3) is 2.21. The molecular formula is C17H25NO6. The number of nitrogens with zero attached hydrogens (tertiary/aromatic N) is 1. The van der Waals surface area contributed by atoms with E-state index >= 15 is 0 Å². The van der Waals surface area contributed by atoms with Crippen molar-refractivity contribution in [2.75, 3.05) is 6.73 Å². The van der Waals surface area contributed by atoms with E-state index in [1.807, 2.05) is 6.92 Å². The molecule has 1 aliphatic carbocycles. The molecule has 0 N–H and O–H groups in total. The molecule has 0 radical (unpaired) electrons. The molecule has 4 saturated heterocycles. The van der Waals surface area contributed by atoms with Crippen LogP contribution in [0.2, 0.25) is 0 Å². The Morgan fingerprint density at radius 2 is 2.08 bits per heavy atom. The summed E-state index contributed by atoms with van der Waals surface area (Å²) in [6, 6.07) is 0. The van der Waals surface area contributed by atoms with Gasteiger partial charge in [-0.05, 0) is 32.1 Å². The lowest BCUT2D eigenvalue weighted by molar-refractivity contribution is -0.557. The highest BCUT2D eigenvalue weighted by Gasteiger charge is 2.69. The van der Waals surface area contributed by atoms with Crippen molar-refractivity contribution in [3.8, 4) is 0 Å². The predicted molar refractivity (Wildman–Crippen MR) is 82.5 cm³/mol. The Kier molecular flexibility index (Phi) is 3.85. The Hall–Kier alpha value is -1.18. The van der Waals surface area contributed by atoms with Gasteiger partial charge in [0.2, 0.25) is 12.1 Å². The first-order valence-corrected chi connectivity index (χ1v) is 8.81. The fourth-order valence-corrected chi connectivity index (χ4v) is 5.09. The molecule has 2 bridgehead atoms. The minimum absolute atomic E-state index is 0.0376. The van der Waals surface area contributed by atoms with E-state index in [4.69, 9.17) is 24.0 Å². The quantitative estimate of drug-likeness (QED) is 0.446.